The Bertz CT molecular complexity index is 610. The molecule has 0 atom stereocenters. The van der Waals surface area contributed by atoms with Crippen molar-refractivity contribution in [3.63, 3.8) is 0 Å². The van der Waals surface area contributed by atoms with Gasteiger partial charge in [-0.25, -0.2) is 0 Å². The second-order valence-corrected chi connectivity index (χ2v) is 4.26. The fourth-order valence-electron chi connectivity index (χ4n) is 1.76. The minimum atomic E-state index is -0.326. The molecule has 2 aromatic carbocycles. The first-order valence-corrected chi connectivity index (χ1v) is 6.43. The summed E-state index contributed by atoms with van der Waals surface area (Å²) >= 11 is 0. The highest BCUT2D eigenvalue weighted by Gasteiger charge is 2.03. The van der Waals surface area contributed by atoms with Crippen LogP contribution in [0.25, 0.3) is 11.8 Å². The largest absolute Gasteiger partial charge is 0.426 e. The molecule has 100 valence electrons. The normalized spacial score (nSPS) is 11.6. The molecule has 0 spiro atoms. The number of ether oxygens (including phenoxy) is 1. The van der Waals surface area contributed by atoms with E-state index in [-0.39, 0.29) is 5.97 Å². The van der Waals surface area contributed by atoms with Crippen molar-refractivity contribution in [3.8, 4) is 0 Å². The van der Waals surface area contributed by atoms with Crippen molar-refractivity contribution in [1.82, 2.24) is 0 Å². The molecule has 0 fully saturated rings. The molecule has 2 nitrogen and oxygen atoms in total. The Balaban J connectivity index is 2.21. The monoisotopic (exact) mass is 264 g/mol. The Labute approximate surface area is 119 Å². The lowest BCUT2D eigenvalue weighted by molar-refractivity contribution is -0.134. The lowest BCUT2D eigenvalue weighted by Gasteiger charge is -2.05. The van der Waals surface area contributed by atoms with E-state index < -0.39 is 0 Å². The zero-order chi connectivity index (χ0) is 14.2. The summed E-state index contributed by atoms with van der Waals surface area (Å²) in [5.41, 5.74) is 1.97. The Morgan fingerprint density at radius 3 is 2.15 bits per heavy atom. The van der Waals surface area contributed by atoms with Crippen LogP contribution in [-0.4, -0.2) is 5.97 Å². The van der Waals surface area contributed by atoms with Gasteiger partial charge in [0.05, 0.1) is 0 Å². The first kappa shape index (κ1) is 13.8. The molecule has 0 unspecified atom stereocenters. The van der Waals surface area contributed by atoms with Crippen LogP contribution >= 0.6 is 0 Å². The van der Waals surface area contributed by atoms with Crippen LogP contribution in [0, 0.1) is 0 Å². The van der Waals surface area contributed by atoms with Crippen LogP contribution in [0.15, 0.2) is 72.8 Å². The minimum Gasteiger partial charge on any atom is -0.426 e. The minimum absolute atomic E-state index is 0.326. The van der Waals surface area contributed by atoms with Gasteiger partial charge in [-0.15, -0.1) is 0 Å². The fraction of sp³-hybridized carbons (Fsp3) is 0.0556. The van der Waals surface area contributed by atoms with Gasteiger partial charge in [-0.3, -0.25) is 4.79 Å². The van der Waals surface area contributed by atoms with Crippen molar-refractivity contribution in [2.45, 2.75) is 6.92 Å². The van der Waals surface area contributed by atoms with Crippen LogP contribution in [0.1, 0.15) is 18.1 Å². The highest BCUT2D eigenvalue weighted by molar-refractivity contribution is 5.77. The molecule has 0 saturated heterocycles. The van der Waals surface area contributed by atoms with E-state index in [0.717, 1.165) is 11.1 Å². The summed E-state index contributed by atoms with van der Waals surface area (Å²) in [7, 11) is 0. The number of allylic oxidation sites excluding steroid dienone is 2. The van der Waals surface area contributed by atoms with Crippen molar-refractivity contribution >= 4 is 17.8 Å². The summed E-state index contributed by atoms with van der Waals surface area (Å²) in [4.78, 5) is 11.2. The van der Waals surface area contributed by atoms with E-state index in [1.807, 2.05) is 72.8 Å². The SMILES string of the molecule is CC(=O)O/C(=C/C=C/c1ccccc1)c1ccccc1. The quantitative estimate of drug-likeness (QED) is 0.467. The molecule has 2 aromatic rings. The number of hydrogen-bond donors (Lipinski definition) is 0. The topological polar surface area (TPSA) is 26.3 Å². The van der Waals surface area contributed by atoms with Gasteiger partial charge in [0.15, 0.2) is 0 Å². The number of rotatable bonds is 4. The lowest BCUT2D eigenvalue weighted by atomic mass is 10.1. The molecule has 0 aliphatic heterocycles. The van der Waals surface area contributed by atoms with Crippen LogP contribution in [-0.2, 0) is 9.53 Å². The standard InChI is InChI=1S/C18H16O2/c1-15(19)20-18(17-12-6-3-7-13-17)14-8-11-16-9-4-2-5-10-16/h2-14H,1H3/b11-8+,18-14+. The van der Waals surface area contributed by atoms with E-state index in [1.165, 1.54) is 6.92 Å². The summed E-state index contributed by atoms with van der Waals surface area (Å²) in [5, 5.41) is 0. The number of benzene rings is 2. The van der Waals surface area contributed by atoms with Gasteiger partial charge in [0.2, 0.25) is 0 Å². The average molecular weight is 264 g/mol. The van der Waals surface area contributed by atoms with E-state index in [0.29, 0.717) is 5.76 Å². The molecule has 0 aromatic heterocycles. The van der Waals surface area contributed by atoms with Gasteiger partial charge >= 0.3 is 5.97 Å². The van der Waals surface area contributed by atoms with Crippen molar-refractivity contribution in [1.29, 1.82) is 0 Å². The molecule has 0 saturated carbocycles. The first-order chi connectivity index (χ1) is 9.75. The van der Waals surface area contributed by atoms with Crippen molar-refractivity contribution < 1.29 is 9.53 Å². The summed E-state index contributed by atoms with van der Waals surface area (Å²) in [6.45, 7) is 1.40. The maximum absolute atomic E-state index is 11.2. The first-order valence-electron chi connectivity index (χ1n) is 6.43. The number of esters is 1. The summed E-state index contributed by atoms with van der Waals surface area (Å²) in [6, 6.07) is 19.5. The highest BCUT2D eigenvalue weighted by atomic mass is 16.5. The Kier molecular flexibility index (Phi) is 4.90. The van der Waals surface area contributed by atoms with Gasteiger partial charge < -0.3 is 4.74 Å². The zero-order valence-corrected chi connectivity index (χ0v) is 11.3. The van der Waals surface area contributed by atoms with Crippen LogP contribution in [0.4, 0.5) is 0 Å². The molecule has 0 heterocycles. The molecule has 2 heteroatoms. The van der Waals surface area contributed by atoms with Crippen molar-refractivity contribution in [2.24, 2.45) is 0 Å². The molecule has 0 radical (unpaired) electrons. The van der Waals surface area contributed by atoms with Crippen molar-refractivity contribution in [3.05, 3.63) is 83.9 Å². The van der Waals surface area contributed by atoms with E-state index in [1.54, 1.807) is 6.08 Å². The van der Waals surface area contributed by atoms with E-state index in [9.17, 15) is 4.79 Å². The molecular formula is C18H16O2. The van der Waals surface area contributed by atoms with Gasteiger partial charge in [-0.1, -0.05) is 72.8 Å². The fourth-order valence-corrected chi connectivity index (χ4v) is 1.76. The Morgan fingerprint density at radius 1 is 0.950 bits per heavy atom. The molecular weight excluding hydrogens is 248 g/mol. The zero-order valence-electron chi connectivity index (χ0n) is 11.3. The van der Waals surface area contributed by atoms with Gasteiger partial charge in [0.25, 0.3) is 0 Å². The number of hydrogen-bond acceptors (Lipinski definition) is 2. The second-order valence-electron chi connectivity index (χ2n) is 4.26. The number of carbonyl (C=O) groups is 1. The highest BCUT2D eigenvalue weighted by Crippen LogP contribution is 2.16. The Hall–Kier alpha value is -2.61. The number of carbonyl (C=O) groups excluding carboxylic acids is 1. The Morgan fingerprint density at radius 2 is 1.55 bits per heavy atom. The lowest BCUT2D eigenvalue weighted by Crippen LogP contribution is -1.97. The maximum Gasteiger partial charge on any atom is 0.308 e. The molecule has 0 aliphatic carbocycles. The molecule has 20 heavy (non-hydrogen) atoms. The van der Waals surface area contributed by atoms with Crippen LogP contribution in [0.5, 0.6) is 0 Å². The molecule has 0 bridgehead atoms. The van der Waals surface area contributed by atoms with Crippen molar-refractivity contribution in [2.75, 3.05) is 0 Å². The van der Waals surface area contributed by atoms with Gasteiger partial charge in [0.1, 0.15) is 5.76 Å². The summed E-state index contributed by atoms with van der Waals surface area (Å²) in [5.74, 6) is 0.221. The van der Waals surface area contributed by atoms with E-state index >= 15 is 0 Å². The van der Waals surface area contributed by atoms with Crippen LogP contribution in [0.2, 0.25) is 0 Å². The van der Waals surface area contributed by atoms with Gasteiger partial charge in [-0.05, 0) is 11.6 Å². The average Bonchev–Trinajstić information content (AvgIpc) is 2.48. The third kappa shape index (κ3) is 4.25. The summed E-state index contributed by atoms with van der Waals surface area (Å²) in [6.07, 6.45) is 5.64. The van der Waals surface area contributed by atoms with Gasteiger partial charge in [0, 0.05) is 12.5 Å². The third-order valence-electron chi connectivity index (χ3n) is 2.65. The molecule has 0 amide bonds. The smallest absolute Gasteiger partial charge is 0.308 e. The van der Waals surface area contributed by atoms with Gasteiger partial charge in [-0.2, -0.15) is 0 Å². The molecule has 2 rings (SSSR count). The molecule has 0 aliphatic rings. The summed E-state index contributed by atoms with van der Waals surface area (Å²) < 4.78 is 5.25. The predicted molar refractivity (Wildman–Crippen MR) is 81.7 cm³/mol. The van der Waals surface area contributed by atoms with E-state index in [4.69, 9.17) is 4.74 Å². The second kappa shape index (κ2) is 7.10. The maximum atomic E-state index is 11.2. The van der Waals surface area contributed by atoms with E-state index in [2.05, 4.69) is 0 Å². The predicted octanol–water partition coefficient (Wildman–Crippen LogP) is 4.30. The van der Waals surface area contributed by atoms with Crippen LogP contribution < -0.4 is 0 Å². The molecule has 0 N–H and O–H groups in total. The third-order valence-corrected chi connectivity index (χ3v) is 2.65. The van der Waals surface area contributed by atoms with Crippen LogP contribution in [0.3, 0.4) is 0 Å².